The topological polar surface area (TPSA) is 108 Å². The van der Waals surface area contributed by atoms with Crippen LogP contribution >= 0.6 is 0 Å². The van der Waals surface area contributed by atoms with Gasteiger partial charge >= 0.3 is 0 Å². The molecule has 3 heterocycles. The molecule has 32 heavy (non-hydrogen) atoms. The first-order chi connectivity index (χ1) is 15.5. The first-order valence-corrected chi connectivity index (χ1v) is 10.4. The number of carbonyl (C=O) groups is 1. The predicted molar refractivity (Wildman–Crippen MR) is 126 cm³/mol. The molecular weight excluding hydrogens is 406 g/mol. The molecule has 9 nitrogen and oxygen atoms in total. The van der Waals surface area contributed by atoms with E-state index in [1.165, 1.54) is 6.08 Å². The molecule has 164 valence electrons. The molecule has 4 aromatic rings. The Kier molecular flexibility index (Phi) is 6.00. The van der Waals surface area contributed by atoms with Gasteiger partial charge in [0.25, 0.3) is 5.91 Å². The predicted octanol–water partition coefficient (Wildman–Crippen LogP) is 3.62. The van der Waals surface area contributed by atoms with Crippen LogP contribution in [0.15, 0.2) is 48.8 Å². The second-order valence-electron chi connectivity index (χ2n) is 7.31. The fourth-order valence-electron chi connectivity index (χ4n) is 3.66. The highest BCUT2D eigenvalue weighted by Crippen LogP contribution is 2.31. The van der Waals surface area contributed by atoms with Gasteiger partial charge in [-0.15, -0.1) is 0 Å². The normalized spacial score (nSPS) is 11.4. The molecule has 0 atom stereocenters. The van der Waals surface area contributed by atoms with Gasteiger partial charge in [0.15, 0.2) is 5.82 Å². The Morgan fingerprint density at radius 2 is 2.00 bits per heavy atom. The number of aryl methyl sites for hydroxylation is 1. The second kappa shape index (κ2) is 9.03. The number of benzene rings is 1. The number of fused-ring (bicyclic) bond motifs is 3. The highest BCUT2D eigenvalue weighted by atomic mass is 16.5. The lowest BCUT2D eigenvalue weighted by Crippen LogP contribution is -2.21. The Bertz CT molecular complexity index is 1290. The standard InChI is InChI=1S/C23H25N7O2/c1-4-30(5-2)16-8-10-20(24-13-16)26-23-22-18(14-29(3)27-22)17-12-15(6-9-19(17)25-23)7-11-21(31)28-32/h6-14,32H,4-5H2,1-3H3,(H,28,31)(H,24,25,26)/b11-7+. The molecule has 0 aliphatic carbocycles. The summed E-state index contributed by atoms with van der Waals surface area (Å²) >= 11 is 0. The number of rotatable bonds is 7. The number of aromatic nitrogens is 4. The van der Waals surface area contributed by atoms with Gasteiger partial charge in [-0.05, 0) is 49.8 Å². The maximum atomic E-state index is 11.3. The van der Waals surface area contributed by atoms with E-state index in [1.54, 1.807) is 16.2 Å². The van der Waals surface area contributed by atoms with E-state index in [0.29, 0.717) is 11.6 Å². The molecule has 3 N–H and O–H groups in total. The summed E-state index contributed by atoms with van der Waals surface area (Å²) in [6, 6.07) is 9.67. The lowest BCUT2D eigenvalue weighted by molar-refractivity contribution is -0.124. The summed E-state index contributed by atoms with van der Waals surface area (Å²) in [6.07, 6.45) is 6.68. The molecule has 0 saturated heterocycles. The quantitative estimate of drug-likeness (QED) is 0.233. The molecule has 9 heteroatoms. The summed E-state index contributed by atoms with van der Waals surface area (Å²) < 4.78 is 1.75. The average Bonchev–Trinajstić information content (AvgIpc) is 3.21. The SMILES string of the molecule is CCN(CC)c1ccc(Nc2nc3ccc(/C=C/C(=O)NO)cc3c3cn(C)nc23)nc1. The second-order valence-corrected chi connectivity index (χ2v) is 7.31. The van der Waals surface area contributed by atoms with Crippen LogP contribution in [0.3, 0.4) is 0 Å². The monoisotopic (exact) mass is 431 g/mol. The van der Waals surface area contributed by atoms with Gasteiger partial charge < -0.3 is 10.2 Å². The van der Waals surface area contributed by atoms with E-state index in [9.17, 15) is 4.79 Å². The zero-order valence-corrected chi connectivity index (χ0v) is 18.2. The van der Waals surface area contributed by atoms with Crippen LogP contribution in [0.25, 0.3) is 27.9 Å². The van der Waals surface area contributed by atoms with Crippen molar-refractivity contribution in [2.75, 3.05) is 23.3 Å². The summed E-state index contributed by atoms with van der Waals surface area (Å²) in [5, 5.41) is 18.4. The molecule has 0 radical (unpaired) electrons. The summed E-state index contributed by atoms with van der Waals surface area (Å²) in [7, 11) is 1.86. The van der Waals surface area contributed by atoms with E-state index in [1.807, 2.05) is 49.8 Å². The van der Waals surface area contributed by atoms with Gasteiger partial charge in [-0.1, -0.05) is 6.07 Å². The molecule has 0 aliphatic heterocycles. The molecule has 3 aromatic heterocycles. The van der Waals surface area contributed by atoms with Crippen LogP contribution in [-0.4, -0.2) is 44.0 Å². The Hall–Kier alpha value is -3.98. The van der Waals surface area contributed by atoms with E-state index in [-0.39, 0.29) is 0 Å². The van der Waals surface area contributed by atoms with E-state index in [2.05, 4.69) is 34.1 Å². The number of hydrogen-bond acceptors (Lipinski definition) is 7. The third-order valence-electron chi connectivity index (χ3n) is 5.26. The van der Waals surface area contributed by atoms with Gasteiger partial charge in [0.1, 0.15) is 11.3 Å². The number of nitrogens with one attached hydrogen (secondary N) is 2. The Morgan fingerprint density at radius 3 is 2.69 bits per heavy atom. The minimum absolute atomic E-state index is 0.589. The molecule has 1 aromatic carbocycles. The largest absolute Gasteiger partial charge is 0.371 e. The number of hydroxylamine groups is 1. The molecule has 4 rings (SSSR count). The van der Waals surface area contributed by atoms with E-state index in [0.717, 1.165) is 46.1 Å². The van der Waals surface area contributed by atoms with Gasteiger partial charge in [0.2, 0.25) is 0 Å². The van der Waals surface area contributed by atoms with E-state index in [4.69, 9.17) is 10.2 Å². The van der Waals surface area contributed by atoms with Gasteiger partial charge in [-0.3, -0.25) is 14.7 Å². The van der Waals surface area contributed by atoms with Crippen molar-refractivity contribution in [2.45, 2.75) is 13.8 Å². The fraction of sp³-hybridized carbons (Fsp3) is 0.217. The molecular formula is C23H25N7O2. The number of anilines is 3. The van der Waals surface area contributed by atoms with Crippen LogP contribution in [0.2, 0.25) is 0 Å². The van der Waals surface area contributed by atoms with Gasteiger partial charge in [-0.2, -0.15) is 5.10 Å². The first kappa shape index (κ1) is 21.3. The number of carbonyl (C=O) groups excluding carboxylic acids is 1. The van der Waals surface area contributed by atoms with Crippen LogP contribution in [0, 0.1) is 0 Å². The molecule has 0 bridgehead atoms. The van der Waals surface area contributed by atoms with Crippen LogP contribution < -0.4 is 15.7 Å². The van der Waals surface area contributed by atoms with Gasteiger partial charge in [0, 0.05) is 43.2 Å². The minimum atomic E-state index is -0.589. The van der Waals surface area contributed by atoms with Gasteiger partial charge in [0.05, 0.1) is 17.4 Å². The molecule has 0 spiro atoms. The van der Waals surface area contributed by atoms with Crippen molar-refractivity contribution >= 4 is 51.1 Å². The first-order valence-electron chi connectivity index (χ1n) is 10.4. The lowest BCUT2D eigenvalue weighted by Gasteiger charge is -2.20. The zero-order chi connectivity index (χ0) is 22.7. The maximum absolute atomic E-state index is 11.3. The fourth-order valence-corrected chi connectivity index (χ4v) is 3.66. The van der Waals surface area contributed by atoms with E-state index < -0.39 is 5.91 Å². The third-order valence-corrected chi connectivity index (χ3v) is 5.26. The van der Waals surface area contributed by atoms with Crippen LogP contribution in [-0.2, 0) is 11.8 Å². The number of hydrogen-bond donors (Lipinski definition) is 3. The average molecular weight is 432 g/mol. The molecule has 1 amide bonds. The molecule has 0 fully saturated rings. The van der Waals surface area contributed by atoms with Crippen molar-refractivity contribution in [3.63, 3.8) is 0 Å². The maximum Gasteiger partial charge on any atom is 0.267 e. The Labute approximate surface area is 185 Å². The number of pyridine rings is 2. The zero-order valence-electron chi connectivity index (χ0n) is 18.2. The van der Waals surface area contributed by atoms with E-state index >= 15 is 0 Å². The lowest BCUT2D eigenvalue weighted by atomic mass is 10.1. The Morgan fingerprint density at radius 1 is 1.19 bits per heavy atom. The minimum Gasteiger partial charge on any atom is -0.371 e. The number of nitrogens with zero attached hydrogens (tertiary/aromatic N) is 5. The summed E-state index contributed by atoms with van der Waals surface area (Å²) in [6.45, 7) is 6.09. The summed E-state index contributed by atoms with van der Waals surface area (Å²) in [5.74, 6) is 0.724. The number of amides is 1. The summed E-state index contributed by atoms with van der Waals surface area (Å²) in [5.41, 5.74) is 4.98. The summed E-state index contributed by atoms with van der Waals surface area (Å²) in [4.78, 5) is 22.8. The highest BCUT2D eigenvalue weighted by molar-refractivity contribution is 6.09. The third kappa shape index (κ3) is 4.23. The van der Waals surface area contributed by atoms with Crippen molar-refractivity contribution in [1.29, 1.82) is 0 Å². The van der Waals surface area contributed by atoms with Crippen LogP contribution in [0.5, 0.6) is 0 Å². The van der Waals surface area contributed by atoms with Crippen molar-refractivity contribution in [3.8, 4) is 0 Å². The molecule has 0 unspecified atom stereocenters. The van der Waals surface area contributed by atoms with Gasteiger partial charge in [-0.25, -0.2) is 15.4 Å². The Balaban J connectivity index is 1.72. The smallest absolute Gasteiger partial charge is 0.267 e. The molecule has 0 aliphatic rings. The van der Waals surface area contributed by atoms with Crippen molar-refractivity contribution < 1.29 is 10.0 Å². The highest BCUT2D eigenvalue weighted by Gasteiger charge is 2.13. The van der Waals surface area contributed by atoms with Crippen LogP contribution in [0.1, 0.15) is 19.4 Å². The van der Waals surface area contributed by atoms with Crippen LogP contribution in [0.4, 0.5) is 17.3 Å². The van der Waals surface area contributed by atoms with Crippen molar-refractivity contribution in [3.05, 3.63) is 54.4 Å². The van der Waals surface area contributed by atoms with Crippen molar-refractivity contribution in [1.82, 2.24) is 25.2 Å². The molecule has 0 saturated carbocycles. The van der Waals surface area contributed by atoms with Crippen molar-refractivity contribution in [2.24, 2.45) is 7.05 Å².